The van der Waals surface area contributed by atoms with Gasteiger partial charge in [-0.2, -0.15) is 4.31 Å². The zero-order valence-electron chi connectivity index (χ0n) is 13.8. The zero-order valence-corrected chi connectivity index (χ0v) is 15.4. The van der Waals surface area contributed by atoms with E-state index in [4.69, 9.17) is 16.3 Å². The predicted molar refractivity (Wildman–Crippen MR) is 97.2 cm³/mol. The van der Waals surface area contributed by atoms with Crippen LogP contribution in [0.5, 0.6) is 11.5 Å². The molecule has 2 aromatic carbocycles. The highest BCUT2D eigenvalue weighted by molar-refractivity contribution is 7.89. The van der Waals surface area contributed by atoms with E-state index in [-0.39, 0.29) is 10.6 Å². The summed E-state index contributed by atoms with van der Waals surface area (Å²) in [6.45, 7) is 0.855. The molecule has 0 spiro atoms. The lowest BCUT2D eigenvalue weighted by molar-refractivity contribution is -0.385. The minimum atomic E-state index is -3.76. The van der Waals surface area contributed by atoms with Gasteiger partial charge >= 0.3 is 5.69 Å². The molecule has 1 fully saturated rings. The van der Waals surface area contributed by atoms with E-state index < -0.39 is 20.6 Å². The number of piperidine rings is 1. The minimum Gasteiger partial charge on any atom is -0.450 e. The largest absolute Gasteiger partial charge is 0.450 e. The number of nitro benzene ring substituents is 1. The Labute approximate surface area is 156 Å². The van der Waals surface area contributed by atoms with Crippen LogP contribution in [-0.4, -0.2) is 30.7 Å². The average Bonchev–Trinajstić information content (AvgIpc) is 2.62. The quantitative estimate of drug-likeness (QED) is 0.557. The first-order chi connectivity index (χ1) is 12.4. The molecule has 0 amide bonds. The standard InChI is InChI=1S/C17H17ClN2O5S/c18-13-5-4-6-14(11-13)25-17-8-7-15(12-16(17)20(21)22)26(23,24)19-9-2-1-3-10-19/h4-8,11-12H,1-3,9-10H2. The van der Waals surface area contributed by atoms with Crippen LogP contribution in [0.25, 0.3) is 0 Å². The van der Waals surface area contributed by atoms with Crippen molar-refractivity contribution in [2.75, 3.05) is 13.1 Å². The van der Waals surface area contributed by atoms with Gasteiger partial charge in [0.2, 0.25) is 15.8 Å². The van der Waals surface area contributed by atoms with E-state index in [0.29, 0.717) is 23.9 Å². The van der Waals surface area contributed by atoms with Crippen molar-refractivity contribution in [3.8, 4) is 11.5 Å². The number of benzene rings is 2. The molecule has 0 saturated carbocycles. The SMILES string of the molecule is O=[N+]([O-])c1cc(S(=O)(=O)N2CCCCC2)ccc1Oc1cccc(Cl)c1. The lowest BCUT2D eigenvalue weighted by atomic mass is 10.2. The molecule has 1 aliphatic heterocycles. The van der Waals surface area contributed by atoms with Crippen LogP contribution >= 0.6 is 11.6 Å². The van der Waals surface area contributed by atoms with Crippen LogP contribution in [0.15, 0.2) is 47.4 Å². The Morgan fingerprint density at radius 2 is 1.81 bits per heavy atom. The van der Waals surface area contributed by atoms with E-state index in [0.717, 1.165) is 25.3 Å². The highest BCUT2D eigenvalue weighted by atomic mass is 35.5. The van der Waals surface area contributed by atoms with E-state index in [1.165, 1.54) is 22.5 Å². The first-order valence-electron chi connectivity index (χ1n) is 8.10. The normalized spacial score (nSPS) is 15.6. The summed E-state index contributed by atoms with van der Waals surface area (Å²) in [6.07, 6.45) is 2.56. The topological polar surface area (TPSA) is 89.8 Å². The minimum absolute atomic E-state index is 0.0464. The van der Waals surface area contributed by atoms with Crippen LogP contribution in [0.1, 0.15) is 19.3 Å². The van der Waals surface area contributed by atoms with Crippen molar-refractivity contribution in [1.29, 1.82) is 0 Å². The summed E-state index contributed by atoms with van der Waals surface area (Å²) in [4.78, 5) is 10.7. The number of nitro groups is 1. The molecule has 3 rings (SSSR count). The fraction of sp³-hybridized carbons (Fsp3) is 0.294. The second kappa shape index (κ2) is 7.61. The molecule has 0 radical (unpaired) electrons. The maximum Gasteiger partial charge on any atom is 0.312 e. The van der Waals surface area contributed by atoms with Crippen LogP contribution < -0.4 is 4.74 Å². The highest BCUT2D eigenvalue weighted by Crippen LogP contribution is 2.35. The summed E-state index contributed by atoms with van der Waals surface area (Å²) < 4.78 is 32.3. The van der Waals surface area contributed by atoms with Crippen molar-refractivity contribution < 1.29 is 18.1 Å². The maximum atomic E-state index is 12.7. The molecule has 138 valence electrons. The number of ether oxygens (including phenoxy) is 1. The van der Waals surface area contributed by atoms with Crippen LogP contribution in [0.4, 0.5) is 5.69 Å². The smallest absolute Gasteiger partial charge is 0.312 e. The molecular formula is C17H17ClN2O5S. The molecule has 0 aliphatic carbocycles. The highest BCUT2D eigenvalue weighted by Gasteiger charge is 2.29. The monoisotopic (exact) mass is 396 g/mol. The molecule has 0 bridgehead atoms. The van der Waals surface area contributed by atoms with Gasteiger partial charge in [-0.15, -0.1) is 0 Å². The third-order valence-corrected chi connectivity index (χ3v) is 6.23. The van der Waals surface area contributed by atoms with Gasteiger partial charge in [0.05, 0.1) is 9.82 Å². The van der Waals surface area contributed by atoms with Gasteiger partial charge in [-0.05, 0) is 43.2 Å². The lowest BCUT2D eigenvalue weighted by Crippen LogP contribution is -2.35. The summed E-state index contributed by atoms with van der Waals surface area (Å²) in [5.41, 5.74) is -0.414. The Balaban J connectivity index is 1.95. The average molecular weight is 397 g/mol. The van der Waals surface area contributed by atoms with Crippen LogP contribution in [0.2, 0.25) is 5.02 Å². The Morgan fingerprint density at radius 1 is 1.08 bits per heavy atom. The molecule has 9 heteroatoms. The number of hydrogen-bond donors (Lipinski definition) is 0. The number of hydrogen-bond acceptors (Lipinski definition) is 5. The van der Waals surface area contributed by atoms with Gasteiger partial charge in [0.25, 0.3) is 0 Å². The van der Waals surface area contributed by atoms with Gasteiger partial charge in [0, 0.05) is 24.2 Å². The molecule has 1 heterocycles. The lowest BCUT2D eigenvalue weighted by Gasteiger charge is -2.25. The van der Waals surface area contributed by atoms with Gasteiger partial charge in [-0.1, -0.05) is 24.1 Å². The van der Waals surface area contributed by atoms with Crippen molar-refractivity contribution in [3.05, 3.63) is 57.6 Å². The first kappa shape index (κ1) is 18.6. The second-order valence-corrected chi connectivity index (χ2v) is 8.29. The third-order valence-electron chi connectivity index (χ3n) is 4.10. The van der Waals surface area contributed by atoms with Crippen molar-refractivity contribution in [2.45, 2.75) is 24.2 Å². The van der Waals surface area contributed by atoms with Crippen LogP contribution in [-0.2, 0) is 10.0 Å². The summed E-state index contributed by atoms with van der Waals surface area (Å²) >= 11 is 5.89. The maximum absolute atomic E-state index is 12.7. The summed E-state index contributed by atoms with van der Waals surface area (Å²) in [6, 6.07) is 10.1. The van der Waals surface area contributed by atoms with Gasteiger partial charge in [-0.25, -0.2) is 8.42 Å². The summed E-state index contributed by atoms with van der Waals surface area (Å²) in [7, 11) is -3.76. The molecule has 26 heavy (non-hydrogen) atoms. The number of nitrogens with zero attached hydrogens (tertiary/aromatic N) is 2. The molecule has 2 aromatic rings. The Hall–Kier alpha value is -2.16. The van der Waals surface area contributed by atoms with Crippen LogP contribution in [0.3, 0.4) is 0 Å². The predicted octanol–water partition coefficient (Wildman–Crippen LogP) is 4.22. The third kappa shape index (κ3) is 3.98. The Kier molecular flexibility index (Phi) is 5.45. The van der Waals surface area contributed by atoms with Crippen molar-refractivity contribution in [3.63, 3.8) is 0 Å². The molecule has 1 aliphatic rings. The molecule has 0 atom stereocenters. The second-order valence-electron chi connectivity index (χ2n) is 5.91. The fourth-order valence-electron chi connectivity index (χ4n) is 2.80. The van der Waals surface area contributed by atoms with Gasteiger partial charge in [0.1, 0.15) is 5.75 Å². The molecule has 0 unspecified atom stereocenters. The zero-order chi connectivity index (χ0) is 18.7. The van der Waals surface area contributed by atoms with Crippen molar-refractivity contribution in [1.82, 2.24) is 4.31 Å². The molecule has 1 saturated heterocycles. The summed E-state index contributed by atoms with van der Waals surface area (Å²) in [5.74, 6) is 0.280. The molecule has 0 aromatic heterocycles. The Morgan fingerprint density at radius 3 is 2.46 bits per heavy atom. The number of sulfonamides is 1. The fourth-order valence-corrected chi connectivity index (χ4v) is 4.52. The van der Waals surface area contributed by atoms with E-state index in [1.54, 1.807) is 18.2 Å². The van der Waals surface area contributed by atoms with Crippen molar-refractivity contribution >= 4 is 27.3 Å². The van der Waals surface area contributed by atoms with E-state index in [2.05, 4.69) is 0 Å². The molecular weight excluding hydrogens is 380 g/mol. The van der Waals surface area contributed by atoms with Crippen molar-refractivity contribution in [2.24, 2.45) is 0 Å². The van der Waals surface area contributed by atoms with Gasteiger partial charge in [0.15, 0.2) is 0 Å². The van der Waals surface area contributed by atoms with Gasteiger partial charge in [-0.3, -0.25) is 10.1 Å². The van der Waals surface area contributed by atoms with E-state index in [9.17, 15) is 18.5 Å². The number of halogens is 1. The van der Waals surface area contributed by atoms with E-state index in [1.807, 2.05) is 0 Å². The number of rotatable bonds is 5. The molecule has 0 N–H and O–H groups in total. The first-order valence-corrected chi connectivity index (χ1v) is 9.92. The summed E-state index contributed by atoms with van der Waals surface area (Å²) in [5, 5.41) is 11.9. The molecule has 7 nitrogen and oxygen atoms in total. The Bertz CT molecular complexity index is 927. The van der Waals surface area contributed by atoms with Crippen LogP contribution in [0, 0.1) is 10.1 Å². The van der Waals surface area contributed by atoms with E-state index >= 15 is 0 Å². The van der Waals surface area contributed by atoms with Gasteiger partial charge < -0.3 is 4.74 Å².